The molecule has 7 nitrogen and oxygen atoms in total. The van der Waals surface area contributed by atoms with Crippen molar-refractivity contribution in [1.29, 1.82) is 0 Å². The number of aryl methyl sites for hydroxylation is 2. The van der Waals surface area contributed by atoms with Crippen molar-refractivity contribution in [1.82, 2.24) is 14.9 Å². The van der Waals surface area contributed by atoms with Crippen molar-refractivity contribution in [2.75, 3.05) is 5.32 Å². The SMILES string of the molecule is Cc1cc(C)cc(NC(=O)Cn2c(-c3ccccc3)ncc(C(=O)NC3CC3)c2=O)c1. The van der Waals surface area contributed by atoms with Crippen LogP contribution in [0.3, 0.4) is 0 Å². The summed E-state index contributed by atoms with van der Waals surface area (Å²) in [5, 5.41) is 5.65. The Balaban J connectivity index is 1.68. The lowest BCUT2D eigenvalue weighted by molar-refractivity contribution is -0.116. The monoisotopic (exact) mass is 416 g/mol. The standard InChI is InChI=1S/C24H24N4O3/c1-15-10-16(2)12-19(11-15)26-21(29)14-28-22(17-6-4-3-5-7-17)25-13-20(24(28)31)23(30)27-18-8-9-18/h3-7,10-13,18H,8-9,14H2,1-2H3,(H,26,29)(H,27,30). The van der Waals surface area contributed by atoms with Crippen LogP contribution in [0.2, 0.25) is 0 Å². The van der Waals surface area contributed by atoms with Gasteiger partial charge in [0.1, 0.15) is 17.9 Å². The van der Waals surface area contributed by atoms with E-state index in [1.807, 2.05) is 62.4 Å². The molecule has 0 aliphatic heterocycles. The maximum Gasteiger partial charge on any atom is 0.267 e. The molecule has 0 saturated heterocycles. The third-order valence-corrected chi connectivity index (χ3v) is 5.04. The van der Waals surface area contributed by atoms with E-state index in [-0.39, 0.29) is 24.1 Å². The largest absolute Gasteiger partial charge is 0.349 e. The molecule has 1 aromatic heterocycles. The van der Waals surface area contributed by atoms with E-state index in [4.69, 9.17) is 0 Å². The van der Waals surface area contributed by atoms with Crippen molar-refractivity contribution in [3.63, 3.8) is 0 Å². The Hall–Kier alpha value is -3.74. The zero-order valence-electron chi connectivity index (χ0n) is 17.5. The number of carbonyl (C=O) groups is 2. The number of nitrogens with zero attached hydrogens (tertiary/aromatic N) is 2. The first-order valence-electron chi connectivity index (χ1n) is 10.2. The lowest BCUT2D eigenvalue weighted by Crippen LogP contribution is -2.37. The molecule has 0 atom stereocenters. The zero-order chi connectivity index (χ0) is 22.0. The van der Waals surface area contributed by atoms with Crippen LogP contribution in [-0.4, -0.2) is 27.4 Å². The molecule has 2 N–H and O–H groups in total. The average Bonchev–Trinajstić information content (AvgIpc) is 3.53. The number of carbonyl (C=O) groups excluding carboxylic acids is 2. The Bertz CT molecular complexity index is 1180. The molecule has 3 aromatic rings. The van der Waals surface area contributed by atoms with Crippen LogP contribution >= 0.6 is 0 Å². The van der Waals surface area contributed by atoms with Gasteiger partial charge in [-0.25, -0.2) is 4.98 Å². The van der Waals surface area contributed by atoms with Gasteiger partial charge in [0.15, 0.2) is 0 Å². The summed E-state index contributed by atoms with van der Waals surface area (Å²) in [5.41, 5.74) is 2.80. The topological polar surface area (TPSA) is 93.1 Å². The number of amides is 2. The van der Waals surface area contributed by atoms with E-state index in [9.17, 15) is 14.4 Å². The number of rotatable bonds is 6. The molecular formula is C24H24N4O3. The van der Waals surface area contributed by atoms with Gasteiger partial charge in [-0.2, -0.15) is 0 Å². The minimum atomic E-state index is -0.539. The van der Waals surface area contributed by atoms with Crippen LogP contribution in [0.1, 0.15) is 34.3 Å². The zero-order valence-corrected chi connectivity index (χ0v) is 17.5. The summed E-state index contributed by atoms with van der Waals surface area (Å²) < 4.78 is 1.26. The summed E-state index contributed by atoms with van der Waals surface area (Å²) in [6, 6.07) is 15.0. The Morgan fingerprint density at radius 3 is 2.39 bits per heavy atom. The molecule has 4 rings (SSSR count). The first kappa shape index (κ1) is 20.5. The molecule has 158 valence electrons. The number of hydrogen-bond acceptors (Lipinski definition) is 4. The van der Waals surface area contributed by atoms with Gasteiger partial charge in [-0.3, -0.25) is 19.0 Å². The van der Waals surface area contributed by atoms with E-state index in [0.29, 0.717) is 17.1 Å². The van der Waals surface area contributed by atoms with Crippen LogP contribution in [0.4, 0.5) is 5.69 Å². The summed E-state index contributed by atoms with van der Waals surface area (Å²) in [7, 11) is 0. The highest BCUT2D eigenvalue weighted by Crippen LogP contribution is 2.20. The third-order valence-electron chi connectivity index (χ3n) is 5.04. The van der Waals surface area contributed by atoms with Crippen LogP contribution in [-0.2, 0) is 11.3 Å². The van der Waals surface area contributed by atoms with E-state index in [1.54, 1.807) is 0 Å². The Morgan fingerprint density at radius 1 is 1.06 bits per heavy atom. The van der Waals surface area contributed by atoms with Gasteiger partial charge in [0.25, 0.3) is 11.5 Å². The lowest BCUT2D eigenvalue weighted by atomic mass is 10.1. The normalized spacial score (nSPS) is 13.0. The van der Waals surface area contributed by atoms with Crippen LogP contribution in [0.5, 0.6) is 0 Å². The van der Waals surface area contributed by atoms with Gasteiger partial charge in [-0.15, -0.1) is 0 Å². The number of hydrogen-bond donors (Lipinski definition) is 2. The van der Waals surface area contributed by atoms with E-state index in [1.165, 1.54) is 10.8 Å². The summed E-state index contributed by atoms with van der Waals surface area (Å²) in [6.07, 6.45) is 3.11. The van der Waals surface area contributed by atoms with E-state index < -0.39 is 11.5 Å². The van der Waals surface area contributed by atoms with Gasteiger partial charge in [-0.05, 0) is 49.9 Å². The van der Waals surface area contributed by atoms with Gasteiger partial charge < -0.3 is 10.6 Å². The van der Waals surface area contributed by atoms with Crippen LogP contribution in [0.25, 0.3) is 11.4 Å². The maximum absolute atomic E-state index is 13.2. The van der Waals surface area contributed by atoms with Gasteiger partial charge in [0, 0.05) is 23.5 Å². The Kier molecular flexibility index (Phi) is 5.66. The summed E-state index contributed by atoms with van der Waals surface area (Å²) in [5.74, 6) is -0.488. The highest BCUT2D eigenvalue weighted by Gasteiger charge is 2.26. The highest BCUT2D eigenvalue weighted by atomic mass is 16.2. The van der Waals surface area contributed by atoms with E-state index in [2.05, 4.69) is 15.6 Å². The maximum atomic E-state index is 13.2. The van der Waals surface area contributed by atoms with Crippen molar-refractivity contribution >= 4 is 17.5 Å². The fraction of sp³-hybridized carbons (Fsp3) is 0.250. The quantitative estimate of drug-likeness (QED) is 0.646. The van der Waals surface area contributed by atoms with Crippen molar-refractivity contribution in [2.45, 2.75) is 39.3 Å². The molecule has 1 aliphatic rings. The second-order valence-electron chi connectivity index (χ2n) is 7.93. The first-order chi connectivity index (χ1) is 14.9. The molecule has 31 heavy (non-hydrogen) atoms. The summed E-state index contributed by atoms with van der Waals surface area (Å²) in [4.78, 5) is 42.9. The number of anilines is 1. The molecular weight excluding hydrogens is 392 g/mol. The number of nitrogens with one attached hydrogen (secondary N) is 2. The second-order valence-corrected chi connectivity index (χ2v) is 7.93. The molecule has 1 fully saturated rings. The van der Waals surface area contributed by atoms with E-state index in [0.717, 1.165) is 24.0 Å². The van der Waals surface area contributed by atoms with Crippen molar-refractivity contribution in [3.05, 3.63) is 81.8 Å². The molecule has 0 spiro atoms. The predicted octanol–water partition coefficient (Wildman–Crippen LogP) is 3.06. The van der Waals surface area contributed by atoms with Gasteiger partial charge >= 0.3 is 0 Å². The molecule has 1 saturated carbocycles. The van der Waals surface area contributed by atoms with Crippen molar-refractivity contribution in [2.24, 2.45) is 0 Å². The van der Waals surface area contributed by atoms with Crippen molar-refractivity contribution < 1.29 is 9.59 Å². The van der Waals surface area contributed by atoms with Gasteiger partial charge in [0.05, 0.1) is 0 Å². The van der Waals surface area contributed by atoms with Crippen molar-refractivity contribution in [3.8, 4) is 11.4 Å². The molecule has 0 unspecified atom stereocenters. The highest BCUT2D eigenvalue weighted by molar-refractivity contribution is 5.94. The Morgan fingerprint density at radius 2 is 1.74 bits per heavy atom. The van der Waals surface area contributed by atoms with Crippen LogP contribution in [0, 0.1) is 13.8 Å². The van der Waals surface area contributed by atoms with E-state index >= 15 is 0 Å². The summed E-state index contributed by atoms with van der Waals surface area (Å²) in [6.45, 7) is 3.65. The number of benzene rings is 2. The molecule has 1 aliphatic carbocycles. The fourth-order valence-corrected chi connectivity index (χ4v) is 3.49. The lowest BCUT2D eigenvalue weighted by Gasteiger charge is -2.14. The third kappa shape index (κ3) is 4.88. The molecule has 1 heterocycles. The van der Waals surface area contributed by atoms with Crippen LogP contribution in [0.15, 0.2) is 59.5 Å². The fourth-order valence-electron chi connectivity index (χ4n) is 3.49. The second kappa shape index (κ2) is 8.55. The molecule has 0 bridgehead atoms. The molecule has 2 amide bonds. The minimum absolute atomic E-state index is 0.0641. The average molecular weight is 416 g/mol. The van der Waals surface area contributed by atoms with Gasteiger partial charge in [0.2, 0.25) is 5.91 Å². The van der Waals surface area contributed by atoms with Gasteiger partial charge in [-0.1, -0.05) is 36.4 Å². The number of aromatic nitrogens is 2. The smallest absolute Gasteiger partial charge is 0.267 e. The first-order valence-corrected chi connectivity index (χ1v) is 10.2. The minimum Gasteiger partial charge on any atom is -0.349 e. The van der Waals surface area contributed by atoms with Crippen LogP contribution < -0.4 is 16.2 Å². The Labute approximate surface area is 180 Å². The predicted molar refractivity (Wildman–Crippen MR) is 119 cm³/mol. The molecule has 0 radical (unpaired) electrons. The molecule has 2 aromatic carbocycles. The molecule has 7 heteroatoms. The summed E-state index contributed by atoms with van der Waals surface area (Å²) >= 11 is 0.